The Bertz CT molecular complexity index is 857. The van der Waals surface area contributed by atoms with E-state index in [2.05, 4.69) is 25.6 Å². The van der Waals surface area contributed by atoms with Crippen molar-refractivity contribution < 1.29 is 27.5 Å². The maximum atomic E-state index is 12.5. The molecular formula is C18H20F3N5O3. The number of carbonyl (C=O) groups is 2. The van der Waals surface area contributed by atoms with Crippen molar-refractivity contribution in [2.75, 3.05) is 5.32 Å². The van der Waals surface area contributed by atoms with Crippen LogP contribution in [0.2, 0.25) is 0 Å². The molecule has 0 bridgehead atoms. The molecule has 2 amide bonds. The highest BCUT2D eigenvalue weighted by molar-refractivity contribution is 5.95. The Morgan fingerprint density at radius 1 is 1.14 bits per heavy atom. The Balaban J connectivity index is 1.93. The van der Waals surface area contributed by atoms with E-state index in [4.69, 9.17) is 4.74 Å². The third-order valence-electron chi connectivity index (χ3n) is 3.68. The van der Waals surface area contributed by atoms with Crippen LogP contribution in [0.4, 0.5) is 19.0 Å². The molecule has 0 radical (unpaired) electrons. The van der Waals surface area contributed by atoms with E-state index in [-0.39, 0.29) is 35.8 Å². The van der Waals surface area contributed by atoms with Crippen LogP contribution in [-0.4, -0.2) is 39.0 Å². The monoisotopic (exact) mass is 411 g/mol. The smallest absolute Gasteiger partial charge is 0.425 e. The zero-order valence-corrected chi connectivity index (χ0v) is 15.9. The van der Waals surface area contributed by atoms with Crippen molar-refractivity contribution in [3.8, 4) is 5.88 Å². The summed E-state index contributed by atoms with van der Waals surface area (Å²) in [5, 5.41) is 5.17. The van der Waals surface area contributed by atoms with E-state index >= 15 is 0 Å². The van der Waals surface area contributed by atoms with Gasteiger partial charge in [-0.15, -0.1) is 0 Å². The van der Waals surface area contributed by atoms with Crippen LogP contribution in [0.5, 0.6) is 5.88 Å². The average molecular weight is 411 g/mol. The molecule has 0 spiro atoms. The average Bonchev–Trinajstić information content (AvgIpc) is 2.66. The highest BCUT2D eigenvalue weighted by atomic mass is 19.4. The molecule has 29 heavy (non-hydrogen) atoms. The molecule has 156 valence electrons. The normalized spacial score (nSPS) is 12.4. The van der Waals surface area contributed by atoms with Crippen molar-refractivity contribution in [3.63, 3.8) is 0 Å². The second-order valence-corrected chi connectivity index (χ2v) is 6.42. The minimum Gasteiger partial charge on any atom is -0.465 e. The van der Waals surface area contributed by atoms with Crippen LogP contribution in [0, 0.1) is 5.92 Å². The first-order chi connectivity index (χ1) is 13.6. The van der Waals surface area contributed by atoms with Crippen molar-refractivity contribution in [2.45, 2.75) is 39.6 Å². The summed E-state index contributed by atoms with van der Waals surface area (Å²) in [5.41, 5.74) is 0.596. The number of rotatable bonds is 7. The van der Waals surface area contributed by atoms with Gasteiger partial charge in [-0.2, -0.15) is 13.2 Å². The van der Waals surface area contributed by atoms with Gasteiger partial charge >= 0.3 is 6.18 Å². The number of nitrogens with one attached hydrogen (secondary N) is 2. The molecule has 0 aromatic carbocycles. The molecule has 1 atom stereocenters. The Hall–Kier alpha value is -3.24. The van der Waals surface area contributed by atoms with E-state index < -0.39 is 18.2 Å². The number of hydrogen-bond acceptors (Lipinski definition) is 6. The maximum Gasteiger partial charge on any atom is 0.425 e. The fourth-order valence-corrected chi connectivity index (χ4v) is 1.93. The van der Waals surface area contributed by atoms with Crippen LogP contribution >= 0.6 is 0 Å². The van der Waals surface area contributed by atoms with Gasteiger partial charge < -0.3 is 15.4 Å². The predicted molar refractivity (Wildman–Crippen MR) is 97.1 cm³/mol. The highest BCUT2D eigenvalue weighted by Crippen LogP contribution is 2.23. The van der Waals surface area contributed by atoms with Gasteiger partial charge in [0, 0.05) is 30.8 Å². The fourth-order valence-electron chi connectivity index (χ4n) is 1.93. The summed E-state index contributed by atoms with van der Waals surface area (Å²) < 4.78 is 42.2. The molecule has 0 fully saturated rings. The number of halogens is 3. The first-order valence-electron chi connectivity index (χ1n) is 8.65. The molecule has 0 aliphatic heterocycles. The molecule has 0 aliphatic rings. The van der Waals surface area contributed by atoms with E-state index in [1.807, 2.05) is 0 Å². The summed E-state index contributed by atoms with van der Waals surface area (Å²) in [6.45, 7) is 4.39. The Kier molecular flexibility index (Phi) is 7.08. The van der Waals surface area contributed by atoms with Crippen LogP contribution in [0.1, 0.15) is 36.8 Å². The van der Waals surface area contributed by atoms with Crippen LogP contribution < -0.4 is 15.4 Å². The minimum absolute atomic E-state index is 0.0472. The summed E-state index contributed by atoms with van der Waals surface area (Å²) in [4.78, 5) is 35.5. The molecule has 0 unspecified atom stereocenters. The Labute approximate surface area is 164 Å². The van der Waals surface area contributed by atoms with Crippen LogP contribution in [0.3, 0.4) is 0 Å². The molecule has 0 saturated carbocycles. The maximum absolute atomic E-state index is 12.5. The second-order valence-electron chi connectivity index (χ2n) is 6.42. The van der Waals surface area contributed by atoms with Gasteiger partial charge in [0.25, 0.3) is 5.91 Å². The van der Waals surface area contributed by atoms with Gasteiger partial charge in [0.05, 0.1) is 0 Å². The van der Waals surface area contributed by atoms with Gasteiger partial charge in [0.15, 0.2) is 6.10 Å². The van der Waals surface area contributed by atoms with Crippen molar-refractivity contribution in [1.29, 1.82) is 0 Å². The lowest BCUT2D eigenvalue weighted by Crippen LogP contribution is -2.31. The van der Waals surface area contributed by atoms with E-state index in [1.54, 1.807) is 13.8 Å². The summed E-state index contributed by atoms with van der Waals surface area (Å²) in [6.07, 6.45) is -4.02. The summed E-state index contributed by atoms with van der Waals surface area (Å²) in [7, 11) is 0. The number of pyridine rings is 1. The second kappa shape index (κ2) is 9.30. The summed E-state index contributed by atoms with van der Waals surface area (Å²) in [6, 6.07) is 4.11. The van der Waals surface area contributed by atoms with Gasteiger partial charge in [-0.05, 0) is 12.5 Å². The van der Waals surface area contributed by atoms with Crippen LogP contribution in [0.25, 0.3) is 0 Å². The zero-order chi connectivity index (χ0) is 21.6. The first kappa shape index (κ1) is 22.1. The molecule has 2 heterocycles. The molecule has 0 aliphatic carbocycles. The number of aromatic nitrogens is 3. The molecule has 11 heteroatoms. The summed E-state index contributed by atoms with van der Waals surface area (Å²) >= 11 is 0. The van der Waals surface area contributed by atoms with Gasteiger partial charge in [-0.1, -0.05) is 19.9 Å². The number of hydrogen-bond donors (Lipinski definition) is 2. The molecule has 0 saturated heterocycles. The number of carbonyl (C=O) groups excluding carboxylic acids is 2. The molecule has 2 N–H and O–H groups in total. The third kappa shape index (κ3) is 6.70. The predicted octanol–water partition coefficient (Wildman–Crippen LogP) is 2.73. The molecule has 2 aromatic heterocycles. The number of alkyl halides is 3. The molecule has 2 aromatic rings. The van der Waals surface area contributed by atoms with E-state index in [1.165, 1.54) is 24.4 Å². The fraction of sp³-hybridized carbons (Fsp3) is 0.389. The number of anilines is 1. The van der Waals surface area contributed by atoms with Crippen molar-refractivity contribution in [3.05, 3.63) is 42.0 Å². The van der Waals surface area contributed by atoms with Crippen molar-refractivity contribution in [1.82, 2.24) is 20.3 Å². The van der Waals surface area contributed by atoms with Gasteiger partial charge in [0.1, 0.15) is 17.8 Å². The lowest BCUT2D eigenvalue weighted by molar-refractivity contribution is -0.189. The first-order valence-corrected chi connectivity index (χ1v) is 8.65. The zero-order valence-electron chi connectivity index (χ0n) is 15.9. The highest BCUT2D eigenvalue weighted by Gasteiger charge is 2.38. The van der Waals surface area contributed by atoms with Gasteiger partial charge in [0.2, 0.25) is 11.8 Å². The van der Waals surface area contributed by atoms with Crippen LogP contribution in [0.15, 0.2) is 30.7 Å². The van der Waals surface area contributed by atoms with Gasteiger partial charge in [-0.25, -0.2) is 15.0 Å². The minimum atomic E-state index is -4.49. The quantitative estimate of drug-likeness (QED) is 0.726. The number of ether oxygens (including phenoxy) is 1. The van der Waals surface area contributed by atoms with E-state index in [0.717, 1.165) is 13.3 Å². The van der Waals surface area contributed by atoms with Crippen molar-refractivity contribution in [2.24, 2.45) is 5.92 Å². The molecular weight excluding hydrogens is 391 g/mol. The number of nitrogens with zero attached hydrogens (tertiary/aromatic N) is 3. The lowest BCUT2D eigenvalue weighted by atomic mass is 10.2. The van der Waals surface area contributed by atoms with E-state index in [0.29, 0.717) is 5.56 Å². The van der Waals surface area contributed by atoms with Crippen molar-refractivity contribution >= 4 is 17.6 Å². The Morgan fingerprint density at radius 2 is 1.86 bits per heavy atom. The third-order valence-corrected chi connectivity index (χ3v) is 3.68. The summed E-state index contributed by atoms with van der Waals surface area (Å²) in [5.74, 6) is -0.986. The molecule has 2 rings (SSSR count). The van der Waals surface area contributed by atoms with E-state index in [9.17, 15) is 22.8 Å². The Morgan fingerprint density at radius 3 is 2.45 bits per heavy atom. The lowest BCUT2D eigenvalue weighted by Gasteiger charge is -2.16. The molecule has 8 nitrogen and oxygen atoms in total. The SMILES string of the molecule is CC(C)C(=O)Nc1cc(C(=O)NCc2ccc(O[C@H](C)C(F)(F)F)nc2)ncn1. The standard InChI is InChI=1S/C18H20F3N5O3/c1-10(2)16(27)26-14-6-13(24-9-25-14)17(28)23-8-12-4-5-15(22-7-12)29-11(3)18(19,20)21/h4-7,9-11H,8H2,1-3H3,(H,23,28)(H,24,25,26,27)/t11-/m1/s1. The largest absolute Gasteiger partial charge is 0.465 e. The number of amides is 2. The van der Waals surface area contributed by atoms with Crippen LogP contribution in [-0.2, 0) is 11.3 Å². The van der Waals surface area contributed by atoms with Gasteiger partial charge in [-0.3, -0.25) is 9.59 Å². The topological polar surface area (TPSA) is 106 Å².